The molecular formula is C20H19ClN2OS. The molecule has 0 bridgehead atoms. The maximum absolute atomic E-state index is 12.5. The van der Waals surface area contributed by atoms with Gasteiger partial charge in [-0.3, -0.25) is 4.79 Å². The van der Waals surface area contributed by atoms with E-state index in [4.69, 9.17) is 11.6 Å². The Hall–Kier alpha value is -2.17. The molecule has 0 saturated carbocycles. The largest absolute Gasteiger partial charge is 0.341 e. The van der Waals surface area contributed by atoms with Crippen LogP contribution in [0, 0.1) is 6.92 Å². The number of benzene rings is 2. The molecule has 0 saturated heterocycles. The lowest BCUT2D eigenvalue weighted by molar-refractivity contribution is -0.129. The Labute approximate surface area is 156 Å². The number of thiazole rings is 1. The van der Waals surface area contributed by atoms with Gasteiger partial charge < -0.3 is 4.90 Å². The van der Waals surface area contributed by atoms with Crippen molar-refractivity contribution in [2.75, 3.05) is 7.05 Å². The summed E-state index contributed by atoms with van der Waals surface area (Å²) in [5.41, 5.74) is 4.04. The van der Waals surface area contributed by atoms with Crippen molar-refractivity contribution in [3.8, 4) is 10.6 Å². The number of likely N-dealkylation sites (N-methyl/N-ethyl adjacent to an activating group) is 1. The SMILES string of the molecule is Cc1cccc(-c2nc(CC(=O)N(C)Cc3ccccc3Cl)cs2)c1. The van der Waals surface area contributed by atoms with Crippen LogP contribution in [-0.2, 0) is 17.8 Å². The average Bonchev–Trinajstić information content (AvgIpc) is 3.05. The van der Waals surface area contributed by atoms with Crippen molar-refractivity contribution >= 4 is 28.8 Å². The van der Waals surface area contributed by atoms with Crippen LogP contribution in [-0.4, -0.2) is 22.8 Å². The molecule has 0 atom stereocenters. The van der Waals surface area contributed by atoms with Crippen molar-refractivity contribution in [1.82, 2.24) is 9.88 Å². The molecule has 25 heavy (non-hydrogen) atoms. The minimum Gasteiger partial charge on any atom is -0.341 e. The second-order valence-electron chi connectivity index (χ2n) is 6.03. The Kier molecular flexibility index (Phi) is 5.51. The van der Waals surface area contributed by atoms with E-state index in [1.54, 1.807) is 23.3 Å². The number of carbonyl (C=O) groups excluding carboxylic acids is 1. The van der Waals surface area contributed by atoms with E-state index in [9.17, 15) is 4.79 Å². The normalized spacial score (nSPS) is 10.7. The van der Waals surface area contributed by atoms with Gasteiger partial charge in [0.05, 0.1) is 12.1 Å². The van der Waals surface area contributed by atoms with Crippen LogP contribution in [0.15, 0.2) is 53.9 Å². The third kappa shape index (κ3) is 4.47. The van der Waals surface area contributed by atoms with E-state index in [0.717, 1.165) is 21.8 Å². The summed E-state index contributed by atoms with van der Waals surface area (Å²) in [6.07, 6.45) is 0.295. The van der Waals surface area contributed by atoms with Crippen LogP contribution in [0.5, 0.6) is 0 Å². The number of aryl methyl sites for hydroxylation is 1. The van der Waals surface area contributed by atoms with Gasteiger partial charge in [-0.15, -0.1) is 11.3 Å². The Bertz CT molecular complexity index is 891. The van der Waals surface area contributed by atoms with Crippen LogP contribution >= 0.6 is 22.9 Å². The van der Waals surface area contributed by atoms with Crippen molar-refractivity contribution < 1.29 is 4.79 Å². The summed E-state index contributed by atoms with van der Waals surface area (Å²) in [7, 11) is 1.79. The highest BCUT2D eigenvalue weighted by molar-refractivity contribution is 7.13. The molecule has 3 rings (SSSR count). The molecule has 0 aliphatic carbocycles. The second-order valence-corrected chi connectivity index (χ2v) is 7.30. The highest BCUT2D eigenvalue weighted by atomic mass is 35.5. The van der Waals surface area contributed by atoms with Gasteiger partial charge in [-0.05, 0) is 24.6 Å². The van der Waals surface area contributed by atoms with Gasteiger partial charge in [0.1, 0.15) is 5.01 Å². The van der Waals surface area contributed by atoms with E-state index >= 15 is 0 Å². The molecule has 1 heterocycles. The van der Waals surface area contributed by atoms with Crippen LogP contribution in [0.25, 0.3) is 10.6 Å². The molecule has 5 heteroatoms. The van der Waals surface area contributed by atoms with Crippen LogP contribution in [0.4, 0.5) is 0 Å². The molecule has 0 unspecified atom stereocenters. The zero-order valence-corrected chi connectivity index (χ0v) is 15.8. The van der Waals surface area contributed by atoms with E-state index in [0.29, 0.717) is 18.0 Å². The second kappa shape index (κ2) is 7.81. The van der Waals surface area contributed by atoms with Crippen molar-refractivity contribution in [2.45, 2.75) is 19.9 Å². The molecule has 0 spiro atoms. The first kappa shape index (κ1) is 17.6. The Morgan fingerprint density at radius 2 is 2.00 bits per heavy atom. The molecule has 1 amide bonds. The van der Waals surface area contributed by atoms with Crippen molar-refractivity contribution in [2.24, 2.45) is 0 Å². The maximum Gasteiger partial charge on any atom is 0.228 e. The zero-order valence-electron chi connectivity index (χ0n) is 14.2. The van der Waals surface area contributed by atoms with Crippen LogP contribution in [0.1, 0.15) is 16.8 Å². The van der Waals surface area contributed by atoms with Crippen molar-refractivity contribution in [1.29, 1.82) is 0 Å². The quantitative estimate of drug-likeness (QED) is 0.635. The van der Waals surface area contributed by atoms with Crippen LogP contribution in [0.2, 0.25) is 5.02 Å². The Morgan fingerprint density at radius 1 is 1.20 bits per heavy atom. The summed E-state index contributed by atoms with van der Waals surface area (Å²) in [5.74, 6) is 0.0287. The van der Waals surface area contributed by atoms with Gasteiger partial charge in [-0.2, -0.15) is 0 Å². The van der Waals surface area contributed by atoms with Gasteiger partial charge in [-0.1, -0.05) is 53.6 Å². The molecule has 0 aliphatic heterocycles. The fraction of sp³-hybridized carbons (Fsp3) is 0.200. The smallest absolute Gasteiger partial charge is 0.228 e. The molecular weight excluding hydrogens is 352 g/mol. The highest BCUT2D eigenvalue weighted by Crippen LogP contribution is 2.25. The van der Waals surface area contributed by atoms with E-state index in [1.165, 1.54) is 5.56 Å². The van der Waals surface area contributed by atoms with Crippen molar-refractivity contribution in [3.05, 3.63) is 75.8 Å². The summed E-state index contributed by atoms with van der Waals surface area (Å²) in [4.78, 5) is 18.8. The zero-order chi connectivity index (χ0) is 17.8. The third-order valence-electron chi connectivity index (χ3n) is 3.94. The predicted molar refractivity (Wildman–Crippen MR) is 104 cm³/mol. The number of hydrogen-bond acceptors (Lipinski definition) is 3. The van der Waals surface area contributed by atoms with E-state index in [-0.39, 0.29) is 5.91 Å². The lowest BCUT2D eigenvalue weighted by atomic mass is 10.1. The molecule has 1 aromatic heterocycles. The molecule has 0 radical (unpaired) electrons. The van der Waals surface area contributed by atoms with Gasteiger partial charge in [0, 0.05) is 29.6 Å². The first-order chi connectivity index (χ1) is 12.0. The van der Waals surface area contributed by atoms with Gasteiger partial charge in [-0.25, -0.2) is 4.98 Å². The van der Waals surface area contributed by atoms with Crippen LogP contribution < -0.4 is 0 Å². The molecule has 0 aliphatic rings. The van der Waals surface area contributed by atoms with E-state index in [2.05, 4.69) is 24.0 Å². The number of halogens is 1. The number of amides is 1. The first-order valence-electron chi connectivity index (χ1n) is 8.02. The van der Waals surface area contributed by atoms with Crippen molar-refractivity contribution in [3.63, 3.8) is 0 Å². The molecule has 128 valence electrons. The van der Waals surface area contributed by atoms with E-state index < -0.39 is 0 Å². The monoisotopic (exact) mass is 370 g/mol. The number of carbonyl (C=O) groups is 1. The van der Waals surface area contributed by atoms with Gasteiger partial charge in [0.25, 0.3) is 0 Å². The molecule has 0 fully saturated rings. The lowest BCUT2D eigenvalue weighted by Gasteiger charge is -2.17. The molecule has 2 aromatic carbocycles. The molecule has 3 aromatic rings. The van der Waals surface area contributed by atoms with Gasteiger partial charge in [0.2, 0.25) is 5.91 Å². The maximum atomic E-state index is 12.5. The number of rotatable bonds is 5. The summed E-state index contributed by atoms with van der Waals surface area (Å²) < 4.78 is 0. The van der Waals surface area contributed by atoms with Gasteiger partial charge >= 0.3 is 0 Å². The fourth-order valence-corrected chi connectivity index (χ4v) is 3.57. The minimum atomic E-state index is 0.0287. The Morgan fingerprint density at radius 3 is 2.76 bits per heavy atom. The summed E-state index contributed by atoms with van der Waals surface area (Å²) >= 11 is 7.74. The van der Waals surface area contributed by atoms with E-state index in [1.807, 2.05) is 41.8 Å². The Balaban J connectivity index is 1.66. The minimum absolute atomic E-state index is 0.0287. The summed E-state index contributed by atoms with van der Waals surface area (Å²) in [5, 5.41) is 3.58. The highest BCUT2D eigenvalue weighted by Gasteiger charge is 2.14. The topological polar surface area (TPSA) is 33.2 Å². The first-order valence-corrected chi connectivity index (χ1v) is 9.27. The third-order valence-corrected chi connectivity index (χ3v) is 5.25. The molecule has 3 nitrogen and oxygen atoms in total. The standard InChI is InChI=1S/C20H19ClN2OS/c1-14-6-5-8-15(10-14)20-22-17(13-25-20)11-19(24)23(2)12-16-7-3-4-9-18(16)21/h3-10,13H,11-12H2,1-2H3. The number of aromatic nitrogens is 1. The summed E-state index contributed by atoms with van der Waals surface area (Å²) in [6.45, 7) is 2.55. The lowest BCUT2D eigenvalue weighted by Crippen LogP contribution is -2.27. The average molecular weight is 371 g/mol. The predicted octanol–water partition coefficient (Wildman–Crippen LogP) is 4.97. The number of nitrogens with zero attached hydrogens (tertiary/aromatic N) is 2. The molecule has 0 N–H and O–H groups in total. The van der Waals surface area contributed by atoms with Gasteiger partial charge in [0.15, 0.2) is 0 Å². The summed E-state index contributed by atoms with van der Waals surface area (Å²) in [6, 6.07) is 15.8. The van der Waals surface area contributed by atoms with Crippen LogP contribution in [0.3, 0.4) is 0 Å². The fourth-order valence-electron chi connectivity index (χ4n) is 2.56. The number of hydrogen-bond donors (Lipinski definition) is 0.